The quantitative estimate of drug-likeness (QED) is 0.735. The van der Waals surface area contributed by atoms with Gasteiger partial charge in [0, 0.05) is 12.7 Å². The number of carbonyl (C=O) groups excluding carboxylic acids is 1. The number of ether oxygens (including phenoxy) is 1. The van der Waals surface area contributed by atoms with Crippen LogP contribution < -0.4 is 4.90 Å². The van der Waals surface area contributed by atoms with Crippen molar-refractivity contribution in [2.24, 2.45) is 0 Å². The lowest BCUT2D eigenvalue weighted by molar-refractivity contribution is -0.117. The molecule has 16 heavy (non-hydrogen) atoms. The Balaban J connectivity index is 2.01. The minimum absolute atomic E-state index is 0.0355. The van der Waals surface area contributed by atoms with Gasteiger partial charge in [-0.15, -0.1) is 0 Å². The van der Waals surface area contributed by atoms with Crippen molar-refractivity contribution in [3.63, 3.8) is 0 Å². The van der Waals surface area contributed by atoms with Gasteiger partial charge in [0.1, 0.15) is 0 Å². The summed E-state index contributed by atoms with van der Waals surface area (Å²) >= 11 is 3.69. The molecule has 0 unspecified atom stereocenters. The smallest absolute Gasteiger partial charge is 0.231 e. The number of hydrogen-bond acceptors (Lipinski definition) is 2. The molecule has 3 nitrogen and oxygen atoms in total. The van der Waals surface area contributed by atoms with Crippen LogP contribution in [0, 0.1) is 0 Å². The maximum atomic E-state index is 11.6. The molecule has 2 aliphatic rings. The average Bonchev–Trinajstić information content (AvgIpc) is 2.51. The number of nitrogens with zero attached hydrogens (tertiary/aromatic N) is 1. The number of halogens is 1. The first kappa shape index (κ1) is 10.3. The van der Waals surface area contributed by atoms with Gasteiger partial charge < -0.3 is 9.64 Å². The van der Waals surface area contributed by atoms with Crippen molar-refractivity contribution >= 4 is 27.5 Å². The van der Waals surface area contributed by atoms with E-state index >= 15 is 0 Å². The number of rotatable bonds is 1. The van der Waals surface area contributed by atoms with E-state index in [1.807, 2.05) is 13.1 Å². The lowest BCUT2D eigenvalue weighted by Gasteiger charge is -2.36. The van der Waals surface area contributed by atoms with E-state index in [9.17, 15) is 4.79 Å². The molecule has 0 aliphatic carbocycles. The zero-order valence-electron chi connectivity index (χ0n) is 9.00. The molecule has 0 spiro atoms. The Labute approximate surface area is 103 Å². The number of alkyl halides is 1. The zero-order chi connectivity index (χ0) is 11.3. The van der Waals surface area contributed by atoms with E-state index in [-0.39, 0.29) is 10.2 Å². The molecule has 1 saturated heterocycles. The van der Waals surface area contributed by atoms with Crippen molar-refractivity contribution in [3.8, 4) is 0 Å². The standard InChI is InChI=1S/C12H12BrNO2/c1-14-10-3-2-9(12(13)6-16-7-12)4-8(10)5-11(14)15/h2-4H,5-7H2,1H3. The first-order valence-corrected chi connectivity index (χ1v) is 6.06. The van der Waals surface area contributed by atoms with Crippen molar-refractivity contribution in [2.75, 3.05) is 25.2 Å². The summed E-state index contributed by atoms with van der Waals surface area (Å²) in [7, 11) is 1.82. The Morgan fingerprint density at radius 1 is 1.44 bits per heavy atom. The summed E-state index contributed by atoms with van der Waals surface area (Å²) in [5.41, 5.74) is 3.36. The molecule has 0 atom stereocenters. The SMILES string of the molecule is CN1C(=O)Cc2cc(C3(Br)COC3)ccc21. The predicted molar refractivity (Wildman–Crippen MR) is 65.0 cm³/mol. The maximum absolute atomic E-state index is 11.6. The third-order valence-corrected chi connectivity index (χ3v) is 4.25. The Morgan fingerprint density at radius 3 is 2.81 bits per heavy atom. The topological polar surface area (TPSA) is 29.5 Å². The number of carbonyl (C=O) groups is 1. The molecule has 0 radical (unpaired) electrons. The second kappa shape index (κ2) is 3.31. The van der Waals surface area contributed by atoms with Crippen LogP contribution >= 0.6 is 15.9 Å². The Bertz CT molecular complexity index is 468. The normalized spacial score (nSPS) is 21.9. The predicted octanol–water partition coefficient (Wildman–Crippen LogP) is 1.83. The number of anilines is 1. The Morgan fingerprint density at radius 2 is 2.19 bits per heavy atom. The van der Waals surface area contributed by atoms with E-state index in [1.165, 1.54) is 5.56 Å². The van der Waals surface area contributed by atoms with Crippen molar-refractivity contribution in [3.05, 3.63) is 29.3 Å². The average molecular weight is 282 g/mol. The van der Waals surface area contributed by atoms with E-state index in [0.29, 0.717) is 19.6 Å². The van der Waals surface area contributed by atoms with Gasteiger partial charge in [-0.2, -0.15) is 0 Å². The maximum Gasteiger partial charge on any atom is 0.231 e. The van der Waals surface area contributed by atoms with Gasteiger partial charge in [0.2, 0.25) is 5.91 Å². The van der Waals surface area contributed by atoms with Crippen LogP contribution in [-0.2, 0) is 20.3 Å². The van der Waals surface area contributed by atoms with Gasteiger partial charge in [-0.25, -0.2) is 0 Å². The van der Waals surface area contributed by atoms with Gasteiger partial charge in [-0.05, 0) is 17.2 Å². The van der Waals surface area contributed by atoms with E-state index < -0.39 is 0 Å². The largest absolute Gasteiger partial charge is 0.378 e. The summed E-state index contributed by atoms with van der Waals surface area (Å²) < 4.78 is 5.19. The van der Waals surface area contributed by atoms with Gasteiger partial charge >= 0.3 is 0 Å². The molecule has 0 bridgehead atoms. The lowest BCUT2D eigenvalue weighted by atomic mass is 9.95. The number of fused-ring (bicyclic) bond motifs is 1. The summed E-state index contributed by atoms with van der Waals surface area (Å²) in [6.07, 6.45) is 0.517. The van der Waals surface area contributed by atoms with E-state index in [2.05, 4.69) is 28.1 Å². The fraction of sp³-hybridized carbons (Fsp3) is 0.417. The van der Waals surface area contributed by atoms with Crippen LogP contribution in [0.4, 0.5) is 5.69 Å². The second-order valence-electron chi connectivity index (χ2n) is 4.43. The molecular formula is C12H12BrNO2. The number of hydrogen-bond donors (Lipinski definition) is 0. The molecular weight excluding hydrogens is 270 g/mol. The van der Waals surface area contributed by atoms with Gasteiger partial charge in [0.15, 0.2) is 0 Å². The summed E-state index contributed by atoms with van der Waals surface area (Å²) in [5, 5.41) is 0. The highest BCUT2D eigenvalue weighted by molar-refractivity contribution is 9.09. The van der Waals surface area contributed by atoms with E-state index in [4.69, 9.17) is 4.74 Å². The van der Waals surface area contributed by atoms with Crippen LogP contribution in [0.5, 0.6) is 0 Å². The number of amides is 1. The van der Waals surface area contributed by atoms with Crippen LogP contribution in [0.2, 0.25) is 0 Å². The van der Waals surface area contributed by atoms with Gasteiger partial charge in [0.25, 0.3) is 0 Å². The first-order chi connectivity index (χ1) is 7.60. The summed E-state index contributed by atoms with van der Waals surface area (Å²) in [5.74, 6) is 0.167. The summed E-state index contributed by atoms with van der Waals surface area (Å²) in [4.78, 5) is 13.3. The molecule has 0 N–H and O–H groups in total. The van der Waals surface area contributed by atoms with Crippen molar-refractivity contribution in [2.45, 2.75) is 10.7 Å². The van der Waals surface area contributed by atoms with Crippen LogP contribution in [-0.4, -0.2) is 26.2 Å². The summed E-state index contributed by atoms with van der Waals surface area (Å²) in [6, 6.07) is 6.22. The molecule has 3 rings (SSSR count). The van der Waals surface area contributed by atoms with E-state index in [0.717, 1.165) is 11.3 Å². The number of benzene rings is 1. The van der Waals surface area contributed by atoms with Crippen LogP contribution in [0.1, 0.15) is 11.1 Å². The molecule has 0 aromatic heterocycles. The Hall–Kier alpha value is -0.870. The van der Waals surface area contributed by atoms with Crippen LogP contribution in [0.15, 0.2) is 18.2 Å². The Kier molecular flexibility index (Phi) is 2.13. The van der Waals surface area contributed by atoms with Gasteiger partial charge in [-0.1, -0.05) is 28.1 Å². The highest BCUT2D eigenvalue weighted by atomic mass is 79.9. The molecule has 1 aromatic rings. The molecule has 84 valence electrons. The minimum atomic E-state index is -0.0355. The number of likely N-dealkylation sites (N-methyl/N-ethyl adjacent to an activating group) is 1. The van der Waals surface area contributed by atoms with Crippen molar-refractivity contribution in [1.82, 2.24) is 0 Å². The van der Waals surface area contributed by atoms with E-state index in [1.54, 1.807) is 4.90 Å². The molecule has 1 fully saturated rings. The van der Waals surface area contributed by atoms with Crippen molar-refractivity contribution < 1.29 is 9.53 Å². The molecule has 1 amide bonds. The molecule has 0 saturated carbocycles. The minimum Gasteiger partial charge on any atom is -0.378 e. The molecule has 4 heteroatoms. The molecule has 2 heterocycles. The monoisotopic (exact) mass is 281 g/mol. The second-order valence-corrected chi connectivity index (χ2v) is 5.95. The third kappa shape index (κ3) is 1.33. The highest BCUT2D eigenvalue weighted by Crippen LogP contribution is 2.41. The fourth-order valence-corrected chi connectivity index (χ4v) is 2.77. The fourth-order valence-electron chi connectivity index (χ4n) is 2.20. The lowest BCUT2D eigenvalue weighted by Crippen LogP contribution is -2.41. The summed E-state index contributed by atoms with van der Waals surface area (Å²) in [6.45, 7) is 1.41. The van der Waals surface area contributed by atoms with Crippen LogP contribution in [0.3, 0.4) is 0 Å². The van der Waals surface area contributed by atoms with Gasteiger partial charge in [0.05, 0.1) is 24.0 Å². The molecule has 2 aliphatic heterocycles. The van der Waals surface area contributed by atoms with Crippen LogP contribution in [0.25, 0.3) is 0 Å². The zero-order valence-corrected chi connectivity index (χ0v) is 10.6. The third-order valence-electron chi connectivity index (χ3n) is 3.34. The van der Waals surface area contributed by atoms with Gasteiger partial charge in [-0.3, -0.25) is 4.79 Å². The van der Waals surface area contributed by atoms with Crippen molar-refractivity contribution in [1.29, 1.82) is 0 Å². The highest BCUT2D eigenvalue weighted by Gasteiger charge is 2.38. The molecule has 1 aromatic carbocycles. The first-order valence-electron chi connectivity index (χ1n) is 5.27.